The number of oxazole rings is 1. The summed E-state index contributed by atoms with van der Waals surface area (Å²) in [5, 5.41) is 2.71. The number of Topliss-reactive ketones (excluding diaryl/α,β-unsaturated/α-hetero) is 1. The van der Waals surface area contributed by atoms with E-state index in [4.69, 9.17) is 4.42 Å². The van der Waals surface area contributed by atoms with Crippen molar-refractivity contribution in [1.29, 1.82) is 0 Å². The number of aromatic nitrogens is 2. The molecule has 3 aromatic rings. The van der Waals surface area contributed by atoms with Gasteiger partial charge in [-0.05, 0) is 52.0 Å². The third kappa shape index (κ3) is 4.88. The molecule has 2 heterocycles. The lowest BCUT2D eigenvalue weighted by molar-refractivity contribution is -0.114. The molecular weight excluding hydrogens is 442 g/mol. The average molecular weight is 470 g/mol. The Hall–Kier alpha value is -3.33. The van der Waals surface area contributed by atoms with Gasteiger partial charge in [-0.25, -0.2) is 13.4 Å². The fraction of sp³-hybridized carbons (Fsp3) is 0.333. The smallest absolute Gasteiger partial charge is 0.221 e. The maximum absolute atomic E-state index is 13.2. The second kappa shape index (κ2) is 8.90. The Labute approximate surface area is 193 Å². The molecule has 0 spiro atoms. The first-order valence-electron chi connectivity index (χ1n) is 10.5. The molecule has 2 aromatic heterocycles. The summed E-state index contributed by atoms with van der Waals surface area (Å²) in [6, 6.07) is 7.76. The number of hydrogen-bond acceptors (Lipinski definition) is 7. The van der Waals surface area contributed by atoms with Gasteiger partial charge in [0.25, 0.3) is 0 Å². The first-order valence-corrected chi connectivity index (χ1v) is 12.1. The van der Waals surface area contributed by atoms with Crippen LogP contribution in [0.4, 0.5) is 5.69 Å². The Morgan fingerprint density at radius 3 is 2.33 bits per heavy atom. The van der Waals surface area contributed by atoms with E-state index < -0.39 is 15.3 Å². The number of amides is 1. The lowest BCUT2D eigenvalue weighted by atomic mass is 9.86. The number of carbonyl (C=O) groups is 2. The van der Waals surface area contributed by atoms with E-state index in [0.29, 0.717) is 28.5 Å². The highest BCUT2D eigenvalue weighted by Crippen LogP contribution is 2.32. The molecule has 0 radical (unpaired) electrons. The fourth-order valence-corrected chi connectivity index (χ4v) is 4.17. The summed E-state index contributed by atoms with van der Waals surface area (Å²) in [5.41, 5.74) is 1.42. The number of rotatable bonds is 7. The van der Waals surface area contributed by atoms with Crippen molar-refractivity contribution >= 4 is 27.2 Å². The van der Waals surface area contributed by atoms with Crippen LogP contribution in [-0.4, -0.2) is 35.8 Å². The number of sulfone groups is 1. The molecule has 0 unspecified atom stereocenters. The van der Waals surface area contributed by atoms with Crippen LogP contribution in [0.2, 0.25) is 0 Å². The quantitative estimate of drug-likeness (QED) is 0.513. The zero-order valence-corrected chi connectivity index (χ0v) is 20.3. The SMILES string of the molecule is CCS(=O)(=O)c1ccc(NC(C)=O)c(-c2ccc(C(=O)C(C)(C)c3nc(C)c(C)o3)nc2)c1. The van der Waals surface area contributed by atoms with E-state index in [1.165, 1.54) is 25.3 Å². The molecule has 1 amide bonds. The maximum atomic E-state index is 13.2. The van der Waals surface area contributed by atoms with Gasteiger partial charge in [0.15, 0.2) is 15.6 Å². The fourth-order valence-electron chi connectivity index (χ4n) is 3.27. The number of nitrogens with zero attached hydrogens (tertiary/aromatic N) is 2. The van der Waals surface area contributed by atoms with E-state index in [0.717, 1.165) is 5.69 Å². The van der Waals surface area contributed by atoms with E-state index in [9.17, 15) is 18.0 Å². The minimum atomic E-state index is -3.45. The Kier molecular flexibility index (Phi) is 6.56. The van der Waals surface area contributed by atoms with Crippen LogP contribution in [0.3, 0.4) is 0 Å². The van der Waals surface area contributed by atoms with E-state index in [1.54, 1.807) is 45.9 Å². The molecule has 0 saturated carbocycles. The lowest BCUT2D eigenvalue weighted by Crippen LogP contribution is -2.30. The van der Waals surface area contributed by atoms with Crippen molar-refractivity contribution < 1.29 is 22.4 Å². The minimum Gasteiger partial charge on any atom is -0.445 e. The molecule has 0 aliphatic carbocycles. The monoisotopic (exact) mass is 469 g/mol. The van der Waals surface area contributed by atoms with Crippen molar-refractivity contribution in [3.8, 4) is 11.1 Å². The van der Waals surface area contributed by atoms with Gasteiger partial charge in [-0.3, -0.25) is 14.6 Å². The number of carbonyl (C=O) groups excluding carboxylic acids is 2. The van der Waals surface area contributed by atoms with Gasteiger partial charge in [-0.2, -0.15) is 0 Å². The van der Waals surface area contributed by atoms with E-state index in [2.05, 4.69) is 15.3 Å². The molecule has 1 N–H and O–H groups in total. The van der Waals surface area contributed by atoms with Crippen molar-refractivity contribution in [3.05, 3.63) is 59.6 Å². The van der Waals surface area contributed by atoms with Crippen LogP contribution < -0.4 is 5.32 Å². The predicted molar refractivity (Wildman–Crippen MR) is 125 cm³/mol. The van der Waals surface area contributed by atoms with E-state index in [-0.39, 0.29) is 28.0 Å². The summed E-state index contributed by atoms with van der Waals surface area (Å²) in [4.78, 5) is 33.6. The number of nitrogens with one attached hydrogen (secondary N) is 1. The summed E-state index contributed by atoms with van der Waals surface area (Å²) < 4.78 is 30.4. The Morgan fingerprint density at radius 1 is 1.12 bits per heavy atom. The van der Waals surface area contributed by atoms with E-state index in [1.807, 2.05) is 6.92 Å². The highest BCUT2D eigenvalue weighted by molar-refractivity contribution is 7.91. The van der Waals surface area contributed by atoms with E-state index >= 15 is 0 Å². The van der Waals surface area contributed by atoms with Crippen molar-refractivity contribution in [2.75, 3.05) is 11.1 Å². The van der Waals surface area contributed by atoms with Crippen LogP contribution in [0.5, 0.6) is 0 Å². The zero-order chi connectivity index (χ0) is 24.6. The van der Waals surface area contributed by atoms with Gasteiger partial charge >= 0.3 is 0 Å². The largest absolute Gasteiger partial charge is 0.445 e. The topological polar surface area (TPSA) is 119 Å². The maximum Gasteiger partial charge on any atom is 0.221 e. The molecule has 174 valence electrons. The summed E-state index contributed by atoms with van der Waals surface area (Å²) in [6.07, 6.45) is 1.48. The predicted octanol–water partition coefficient (Wildman–Crippen LogP) is 4.27. The van der Waals surface area contributed by atoms with Crippen LogP contribution >= 0.6 is 0 Å². The first-order chi connectivity index (χ1) is 15.4. The van der Waals surface area contributed by atoms with Gasteiger partial charge in [0.2, 0.25) is 11.8 Å². The highest BCUT2D eigenvalue weighted by Gasteiger charge is 2.36. The van der Waals surface area contributed by atoms with Crippen LogP contribution in [0.15, 0.2) is 45.8 Å². The number of pyridine rings is 1. The molecule has 1 aromatic carbocycles. The van der Waals surface area contributed by atoms with Gasteiger partial charge in [-0.15, -0.1) is 0 Å². The highest BCUT2D eigenvalue weighted by atomic mass is 32.2. The van der Waals surface area contributed by atoms with Gasteiger partial charge in [-0.1, -0.05) is 13.0 Å². The molecule has 0 saturated heterocycles. The first kappa shape index (κ1) is 24.3. The standard InChI is InChI=1S/C24H27N3O5S/c1-7-33(30,31)18-9-11-20(27-16(4)28)19(12-18)17-8-10-21(25-13-17)22(29)24(5,6)23-26-14(2)15(3)32-23/h8-13H,7H2,1-6H3,(H,27,28). The summed E-state index contributed by atoms with van der Waals surface area (Å²) in [7, 11) is -3.45. The molecule has 0 aliphatic heterocycles. The zero-order valence-electron chi connectivity index (χ0n) is 19.5. The number of aryl methyl sites for hydroxylation is 2. The number of ketones is 1. The Balaban J connectivity index is 2.01. The molecule has 0 atom stereocenters. The third-order valence-corrected chi connectivity index (χ3v) is 7.21. The summed E-state index contributed by atoms with van der Waals surface area (Å²) in [5.74, 6) is 0.368. The molecule has 0 bridgehead atoms. The van der Waals surface area contributed by atoms with Crippen molar-refractivity contribution in [3.63, 3.8) is 0 Å². The normalized spacial score (nSPS) is 11.9. The third-order valence-electron chi connectivity index (χ3n) is 5.48. The number of hydrogen-bond donors (Lipinski definition) is 1. The molecule has 3 rings (SSSR count). The molecular formula is C24H27N3O5S. The van der Waals surface area contributed by atoms with Gasteiger partial charge in [0.05, 0.1) is 16.3 Å². The van der Waals surface area contributed by atoms with Crippen LogP contribution in [0.1, 0.15) is 55.5 Å². The van der Waals surface area contributed by atoms with Crippen LogP contribution in [0.25, 0.3) is 11.1 Å². The molecule has 0 fully saturated rings. The summed E-state index contributed by atoms with van der Waals surface area (Å²) >= 11 is 0. The van der Waals surface area contributed by atoms with Gasteiger partial charge in [0, 0.05) is 29.9 Å². The van der Waals surface area contributed by atoms with Gasteiger partial charge in [0.1, 0.15) is 16.9 Å². The van der Waals surface area contributed by atoms with Crippen molar-refractivity contribution in [1.82, 2.24) is 9.97 Å². The Morgan fingerprint density at radius 2 is 1.82 bits per heavy atom. The number of benzene rings is 1. The Bertz CT molecular complexity index is 1300. The van der Waals surface area contributed by atoms with Crippen molar-refractivity contribution in [2.45, 2.75) is 51.9 Å². The number of anilines is 1. The van der Waals surface area contributed by atoms with Crippen molar-refractivity contribution in [2.24, 2.45) is 0 Å². The lowest BCUT2D eigenvalue weighted by Gasteiger charge is -2.19. The minimum absolute atomic E-state index is 0.0491. The van der Waals surface area contributed by atoms with Gasteiger partial charge < -0.3 is 9.73 Å². The second-order valence-corrected chi connectivity index (χ2v) is 10.6. The molecule has 9 heteroatoms. The molecule has 8 nitrogen and oxygen atoms in total. The summed E-state index contributed by atoms with van der Waals surface area (Å²) in [6.45, 7) is 9.99. The average Bonchev–Trinajstić information content (AvgIpc) is 3.12. The van der Waals surface area contributed by atoms with Crippen LogP contribution in [0, 0.1) is 13.8 Å². The second-order valence-electron chi connectivity index (χ2n) is 8.34. The molecule has 0 aliphatic rings. The van der Waals surface area contributed by atoms with Crippen LogP contribution in [-0.2, 0) is 20.0 Å². The molecule has 33 heavy (non-hydrogen) atoms.